The third-order valence-corrected chi connectivity index (χ3v) is 5.49. The maximum Gasteiger partial charge on any atom is 0.118 e. The lowest BCUT2D eigenvalue weighted by molar-refractivity contribution is 0.325. The number of rotatable bonds is 9. The van der Waals surface area contributed by atoms with E-state index < -0.39 is 0 Å². The standard InChI is InChI=1S/C25H36O2/c1-7-17-25(19-8-18-24(2,3)4,20-9-13-22(26-5)14-10-20)21-11-15-23(27-6)16-12-21/h9-16H,7-8,17-19H2,1-6H3. The van der Waals surface area contributed by atoms with E-state index in [2.05, 4.69) is 76.2 Å². The largest absolute Gasteiger partial charge is 0.497 e. The van der Waals surface area contributed by atoms with Gasteiger partial charge in [-0.1, -0.05) is 64.8 Å². The third-order valence-electron chi connectivity index (χ3n) is 5.49. The van der Waals surface area contributed by atoms with Crippen molar-refractivity contribution in [2.75, 3.05) is 14.2 Å². The van der Waals surface area contributed by atoms with Gasteiger partial charge in [-0.25, -0.2) is 0 Å². The lowest BCUT2D eigenvalue weighted by atomic mass is 9.67. The summed E-state index contributed by atoms with van der Waals surface area (Å²) in [6, 6.07) is 17.3. The molecule has 0 saturated carbocycles. The molecule has 148 valence electrons. The molecule has 2 heteroatoms. The van der Waals surface area contributed by atoms with E-state index in [9.17, 15) is 0 Å². The molecule has 2 aromatic rings. The van der Waals surface area contributed by atoms with Crippen molar-refractivity contribution in [2.24, 2.45) is 5.41 Å². The van der Waals surface area contributed by atoms with Crippen LogP contribution in [0, 0.1) is 5.41 Å². The van der Waals surface area contributed by atoms with Crippen molar-refractivity contribution in [1.82, 2.24) is 0 Å². The van der Waals surface area contributed by atoms with Crippen LogP contribution in [0.1, 0.15) is 70.9 Å². The molecule has 0 bridgehead atoms. The first-order valence-corrected chi connectivity index (χ1v) is 10.1. The first-order valence-electron chi connectivity index (χ1n) is 10.1. The van der Waals surface area contributed by atoms with Crippen LogP contribution in [-0.2, 0) is 5.41 Å². The first kappa shape index (κ1) is 21.3. The monoisotopic (exact) mass is 368 g/mol. The fourth-order valence-electron chi connectivity index (χ4n) is 4.04. The van der Waals surface area contributed by atoms with Gasteiger partial charge in [0.05, 0.1) is 14.2 Å². The molecule has 0 atom stereocenters. The molecule has 0 heterocycles. The molecule has 0 aliphatic heterocycles. The van der Waals surface area contributed by atoms with Crippen molar-refractivity contribution in [3.63, 3.8) is 0 Å². The normalized spacial score (nSPS) is 12.1. The van der Waals surface area contributed by atoms with E-state index in [1.54, 1.807) is 14.2 Å². The molecular formula is C25H36O2. The van der Waals surface area contributed by atoms with Crippen molar-refractivity contribution >= 4 is 0 Å². The van der Waals surface area contributed by atoms with Gasteiger partial charge >= 0.3 is 0 Å². The molecule has 0 fully saturated rings. The fourth-order valence-corrected chi connectivity index (χ4v) is 4.04. The van der Waals surface area contributed by atoms with Crippen LogP contribution in [0.25, 0.3) is 0 Å². The van der Waals surface area contributed by atoms with Gasteiger partial charge in [0.15, 0.2) is 0 Å². The number of methoxy groups -OCH3 is 2. The van der Waals surface area contributed by atoms with Crippen LogP contribution in [0.3, 0.4) is 0 Å². The van der Waals surface area contributed by atoms with Crippen LogP contribution in [0.4, 0.5) is 0 Å². The third kappa shape index (κ3) is 5.51. The number of benzene rings is 2. The average Bonchev–Trinajstić information content (AvgIpc) is 2.66. The molecule has 0 N–H and O–H groups in total. The second-order valence-corrected chi connectivity index (χ2v) is 8.70. The van der Waals surface area contributed by atoms with Gasteiger partial charge in [0.25, 0.3) is 0 Å². The summed E-state index contributed by atoms with van der Waals surface area (Å²) < 4.78 is 10.8. The van der Waals surface area contributed by atoms with Crippen molar-refractivity contribution in [3.05, 3.63) is 59.7 Å². The maximum atomic E-state index is 5.39. The Morgan fingerprint density at radius 1 is 0.667 bits per heavy atom. The first-order chi connectivity index (χ1) is 12.8. The highest BCUT2D eigenvalue weighted by atomic mass is 16.5. The number of hydrogen-bond donors (Lipinski definition) is 0. The van der Waals surface area contributed by atoms with E-state index in [1.807, 2.05) is 0 Å². The number of ether oxygens (including phenoxy) is 2. The Bertz CT molecular complexity index is 630. The van der Waals surface area contributed by atoms with Crippen molar-refractivity contribution in [3.8, 4) is 11.5 Å². The summed E-state index contributed by atoms with van der Waals surface area (Å²) in [5.41, 5.74) is 3.14. The molecule has 27 heavy (non-hydrogen) atoms. The van der Waals surface area contributed by atoms with Crippen LogP contribution in [0.15, 0.2) is 48.5 Å². The Morgan fingerprint density at radius 3 is 1.44 bits per heavy atom. The van der Waals surface area contributed by atoms with E-state index in [1.165, 1.54) is 24.0 Å². The molecule has 0 amide bonds. The van der Waals surface area contributed by atoms with E-state index in [0.717, 1.165) is 30.8 Å². The van der Waals surface area contributed by atoms with E-state index >= 15 is 0 Å². The zero-order valence-corrected chi connectivity index (χ0v) is 18.0. The molecule has 0 unspecified atom stereocenters. The molecule has 0 aliphatic carbocycles. The van der Waals surface area contributed by atoms with Crippen LogP contribution in [-0.4, -0.2) is 14.2 Å². The Kier molecular flexibility index (Phi) is 7.35. The van der Waals surface area contributed by atoms with Gasteiger partial charge in [-0.2, -0.15) is 0 Å². The Labute approximate surface area is 165 Å². The molecule has 0 spiro atoms. The summed E-state index contributed by atoms with van der Waals surface area (Å²) in [6.07, 6.45) is 5.87. The minimum absolute atomic E-state index is 0.0263. The van der Waals surface area contributed by atoms with Crippen LogP contribution in [0.2, 0.25) is 0 Å². The Morgan fingerprint density at radius 2 is 1.11 bits per heavy atom. The van der Waals surface area contributed by atoms with E-state index in [-0.39, 0.29) is 5.41 Å². The van der Waals surface area contributed by atoms with Crippen molar-refractivity contribution in [2.45, 2.75) is 65.2 Å². The average molecular weight is 369 g/mol. The Balaban J connectivity index is 2.46. The summed E-state index contributed by atoms with van der Waals surface area (Å²) in [5.74, 6) is 1.82. The minimum atomic E-state index is 0.0263. The second kappa shape index (κ2) is 9.30. The van der Waals surface area contributed by atoms with Crippen molar-refractivity contribution < 1.29 is 9.47 Å². The topological polar surface area (TPSA) is 18.5 Å². The number of hydrogen-bond acceptors (Lipinski definition) is 2. The molecule has 2 nitrogen and oxygen atoms in total. The summed E-state index contributed by atoms with van der Waals surface area (Å²) in [4.78, 5) is 0. The molecule has 2 aromatic carbocycles. The van der Waals surface area contributed by atoms with E-state index in [0.29, 0.717) is 5.41 Å². The van der Waals surface area contributed by atoms with Gasteiger partial charge < -0.3 is 9.47 Å². The quantitative estimate of drug-likeness (QED) is 0.474. The summed E-state index contributed by atoms with van der Waals surface area (Å²) in [5, 5.41) is 0. The summed E-state index contributed by atoms with van der Waals surface area (Å²) in [7, 11) is 3.45. The molecule has 0 radical (unpaired) electrons. The molecular weight excluding hydrogens is 332 g/mol. The van der Waals surface area contributed by atoms with Crippen LogP contribution in [0.5, 0.6) is 11.5 Å². The summed E-state index contributed by atoms with van der Waals surface area (Å²) >= 11 is 0. The molecule has 0 aromatic heterocycles. The van der Waals surface area contributed by atoms with E-state index in [4.69, 9.17) is 9.47 Å². The van der Waals surface area contributed by atoms with Crippen molar-refractivity contribution in [1.29, 1.82) is 0 Å². The highest BCUT2D eigenvalue weighted by Gasteiger charge is 2.33. The predicted octanol–water partition coefficient (Wildman–Crippen LogP) is 7.01. The van der Waals surface area contributed by atoms with Gasteiger partial charge in [-0.15, -0.1) is 0 Å². The summed E-state index contributed by atoms with van der Waals surface area (Å²) in [6.45, 7) is 9.27. The SMILES string of the molecule is CCCC(CCCC(C)(C)C)(c1ccc(OC)cc1)c1ccc(OC)cc1. The zero-order valence-electron chi connectivity index (χ0n) is 18.0. The van der Waals surface area contributed by atoms with Gasteiger partial charge in [0.1, 0.15) is 11.5 Å². The maximum absolute atomic E-state index is 5.39. The minimum Gasteiger partial charge on any atom is -0.497 e. The van der Waals surface area contributed by atoms with Crippen LogP contribution < -0.4 is 9.47 Å². The smallest absolute Gasteiger partial charge is 0.118 e. The van der Waals surface area contributed by atoms with Gasteiger partial charge in [-0.3, -0.25) is 0 Å². The fraction of sp³-hybridized carbons (Fsp3) is 0.520. The zero-order chi connectivity index (χ0) is 19.9. The molecule has 2 rings (SSSR count). The highest BCUT2D eigenvalue weighted by molar-refractivity contribution is 5.43. The Hall–Kier alpha value is -1.96. The molecule has 0 aliphatic rings. The lowest BCUT2D eigenvalue weighted by Crippen LogP contribution is -2.28. The van der Waals surface area contributed by atoms with Gasteiger partial charge in [-0.05, 0) is 60.1 Å². The second-order valence-electron chi connectivity index (χ2n) is 8.70. The van der Waals surface area contributed by atoms with Gasteiger partial charge in [0, 0.05) is 5.41 Å². The highest BCUT2D eigenvalue weighted by Crippen LogP contribution is 2.43. The predicted molar refractivity (Wildman–Crippen MR) is 115 cm³/mol. The molecule has 0 saturated heterocycles. The van der Waals surface area contributed by atoms with Gasteiger partial charge in [0.2, 0.25) is 0 Å². The lowest BCUT2D eigenvalue weighted by Gasteiger charge is -2.36. The van der Waals surface area contributed by atoms with Crippen LogP contribution >= 0.6 is 0 Å².